The standard InChI is InChI=1S/C30H70O10Si5/c1-21(2)31-41(26(11)12)36-42(27(13)14,32-22(3)4)38-44(29(17)18,34-24(7)8)40-45(30(19)20,35-25(9)10)39-43(37-41,28(15)16)33-23(5)6/h21-30H,1-20H3. The van der Waals surface area contributed by atoms with Crippen LogP contribution in [0.15, 0.2) is 0 Å². The van der Waals surface area contributed by atoms with Crippen LogP contribution in [0.3, 0.4) is 0 Å². The molecule has 0 aliphatic carbocycles. The van der Waals surface area contributed by atoms with Gasteiger partial charge in [0.25, 0.3) is 0 Å². The van der Waals surface area contributed by atoms with E-state index < -0.39 is 44.0 Å². The van der Waals surface area contributed by atoms with E-state index in [4.69, 9.17) is 42.7 Å². The number of hydrogen-bond donors (Lipinski definition) is 0. The molecule has 1 rings (SSSR count). The summed E-state index contributed by atoms with van der Waals surface area (Å²) in [7, 11) is -18.8. The van der Waals surface area contributed by atoms with E-state index in [0.29, 0.717) is 0 Å². The zero-order chi connectivity index (χ0) is 35.3. The highest BCUT2D eigenvalue weighted by Crippen LogP contribution is 2.48. The Kier molecular flexibility index (Phi) is 16.6. The Labute approximate surface area is 282 Å². The van der Waals surface area contributed by atoms with Crippen molar-refractivity contribution in [3.05, 3.63) is 0 Å². The smallest absolute Gasteiger partial charge is 0.372 e. The molecule has 1 aliphatic heterocycles. The maximum atomic E-state index is 7.44. The fourth-order valence-electron chi connectivity index (χ4n) is 4.84. The molecule has 0 atom stereocenters. The zero-order valence-corrected chi connectivity index (χ0v) is 37.4. The molecule has 15 heteroatoms. The molecule has 1 aliphatic rings. The average molecular weight is 731 g/mol. The van der Waals surface area contributed by atoms with E-state index in [1.54, 1.807) is 0 Å². The summed E-state index contributed by atoms with van der Waals surface area (Å²) in [5.41, 5.74) is -0.914. The quantitative estimate of drug-likeness (QED) is 0.152. The fourth-order valence-corrected chi connectivity index (χ4v) is 31.5. The molecule has 0 N–H and O–H groups in total. The van der Waals surface area contributed by atoms with Gasteiger partial charge in [0.1, 0.15) is 0 Å². The van der Waals surface area contributed by atoms with Crippen molar-refractivity contribution in [1.82, 2.24) is 0 Å². The predicted molar refractivity (Wildman–Crippen MR) is 191 cm³/mol. The van der Waals surface area contributed by atoms with E-state index in [1.807, 2.05) is 69.2 Å². The van der Waals surface area contributed by atoms with Gasteiger partial charge in [0.05, 0.1) is 0 Å². The molecule has 0 amide bonds. The van der Waals surface area contributed by atoms with Crippen LogP contribution in [0.25, 0.3) is 0 Å². The molecule has 1 heterocycles. The van der Waals surface area contributed by atoms with E-state index in [9.17, 15) is 0 Å². The Hall–Kier alpha value is 0.684. The summed E-state index contributed by atoms with van der Waals surface area (Å²) in [5, 5.41) is 0. The third kappa shape index (κ3) is 11.1. The van der Waals surface area contributed by atoms with Gasteiger partial charge in [0, 0.05) is 58.2 Å². The van der Waals surface area contributed by atoms with Gasteiger partial charge in [0.15, 0.2) is 0 Å². The summed E-state index contributed by atoms with van der Waals surface area (Å²) in [6, 6.07) is 0. The minimum absolute atomic E-state index is 0.183. The van der Waals surface area contributed by atoms with Gasteiger partial charge in [0.2, 0.25) is 0 Å². The molecule has 270 valence electrons. The summed E-state index contributed by atoms with van der Waals surface area (Å²) in [6.45, 7) is 40.8. The SMILES string of the molecule is CC(C)O[Si]1(C(C)C)O[Si](OC(C)C)(C(C)C)O[Si](OC(C)C)(C(C)C)O[Si](OC(C)C)(C(C)C)O[Si](OC(C)C)(C(C)C)O1. The molecular formula is C30H70O10Si5. The minimum atomic E-state index is -3.76. The van der Waals surface area contributed by atoms with Crippen LogP contribution in [0, 0.1) is 0 Å². The third-order valence-corrected chi connectivity index (χ3v) is 29.4. The van der Waals surface area contributed by atoms with Crippen molar-refractivity contribution in [2.75, 3.05) is 0 Å². The molecule has 45 heavy (non-hydrogen) atoms. The van der Waals surface area contributed by atoms with Crippen LogP contribution in [0.1, 0.15) is 138 Å². The first kappa shape index (κ1) is 43.7. The highest BCUT2D eigenvalue weighted by atomic mass is 28.6. The molecule has 0 aromatic rings. The van der Waals surface area contributed by atoms with Gasteiger partial charge < -0.3 is 42.7 Å². The van der Waals surface area contributed by atoms with Crippen molar-refractivity contribution in [3.63, 3.8) is 0 Å². The second-order valence-corrected chi connectivity index (χ2v) is 32.2. The summed E-state index contributed by atoms with van der Waals surface area (Å²) in [6.07, 6.45) is -1.08. The lowest BCUT2D eigenvalue weighted by Gasteiger charge is -2.54. The molecular weight excluding hydrogens is 661 g/mol. The second-order valence-electron chi connectivity index (χ2n) is 15.1. The van der Waals surface area contributed by atoms with E-state index in [0.717, 1.165) is 0 Å². The summed E-state index contributed by atoms with van der Waals surface area (Å²) in [4.78, 5) is 0. The minimum Gasteiger partial charge on any atom is -0.372 e. The molecule has 0 aromatic carbocycles. The number of hydrogen-bond acceptors (Lipinski definition) is 10. The van der Waals surface area contributed by atoms with E-state index in [-0.39, 0.29) is 58.2 Å². The van der Waals surface area contributed by atoms with Crippen molar-refractivity contribution >= 4 is 44.0 Å². The average Bonchev–Trinajstić information content (AvgIpc) is 2.80. The Morgan fingerprint density at radius 2 is 0.356 bits per heavy atom. The molecule has 0 saturated carbocycles. The molecule has 10 nitrogen and oxygen atoms in total. The largest absolute Gasteiger partial charge is 0.489 e. The van der Waals surface area contributed by atoms with E-state index >= 15 is 0 Å². The molecule has 0 aromatic heterocycles. The van der Waals surface area contributed by atoms with Gasteiger partial charge in [-0.25, -0.2) is 0 Å². The summed E-state index contributed by atoms with van der Waals surface area (Å²) < 4.78 is 71.8. The predicted octanol–water partition coefficient (Wildman–Crippen LogP) is 8.95. The van der Waals surface area contributed by atoms with Crippen LogP contribution in [0.4, 0.5) is 0 Å². The lowest BCUT2D eigenvalue weighted by molar-refractivity contribution is -0.0215. The topological polar surface area (TPSA) is 92.3 Å². The van der Waals surface area contributed by atoms with Crippen LogP contribution in [-0.4, -0.2) is 74.5 Å². The molecule has 1 saturated heterocycles. The van der Waals surface area contributed by atoms with E-state index in [1.165, 1.54) is 0 Å². The van der Waals surface area contributed by atoms with Crippen LogP contribution in [0.2, 0.25) is 27.7 Å². The van der Waals surface area contributed by atoms with Crippen molar-refractivity contribution in [2.24, 2.45) is 0 Å². The molecule has 0 spiro atoms. The Bertz CT molecular complexity index is 711. The van der Waals surface area contributed by atoms with Gasteiger partial charge in [-0.3, -0.25) is 0 Å². The van der Waals surface area contributed by atoms with Crippen LogP contribution in [-0.2, 0) is 42.7 Å². The van der Waals surface area contributed by atoms with Gasteiger partial charge in [-0.2, -0.15) is 0 Å². The van der Waals surface area contributed by atoms with Gasteiger partial charge in [-0.05, 0) is 69.2 Å². The third-order valence-electron chi connectivity index (χ3n) is 6.96. The van der Waals surface area contributed by atoms with E-state index in [2.05, 4.69) is 69.2 Å². The first-order valence-corrected chi connectivity index (χ1v) is 26.2. The van der Waals surface area contributed by atoms with Gasteiger partial charge in [-0.1, -0.05) is 69.2 Å². The molecule has 0 bridgehead atoms. The van der Waals surface area contributed by atoms with Crippen molar-refractivity contribution in [1.29, 1.82) is 0 Å². The first-order valence-electron chi connectivity index (χ1n) is 17.2. The second kappa shape index (κ2) is 17.1. The van der Waals surface area contributed by atoms with Crippen LogP contribution < -0.4 is 0 Å². The highest BCUT2D eigenvalue weighted by molar-refractivity contribution is 6.90. The van der Waals surface area contributed by atoms with Crippen LogP contribution >= 0.6 is 0 Å². The van der Waals surface area contributed by atoms with Crippen molar-refractivity contribution in [3.8, 4) is 0 Å². The normalized spacial score (nSPS) is 32.7. The van der Waals surface area contributed by atoms with Crippen molar-refractivity contribution in [2.45, 2.75) is 197 Å². The Morgan fingerprint density at radius 3 is 0.422 bits per heavy atom. The van der Waals surface area contributed by atoms with Crippen LogP contribution in [0.5, 0.6) is 0 Å². The Morgan fingerprint density at radius 1 is 0.244 bits per heavy atom. The monoisotopic (exact) mass is 730 g/mol. The number of rotatable bonds is 15. The maximum absolute atomic E-state index is 7.44. The highest BCUT2D eigenvalue weighted by Gasteiger charge is 2.72. The van der Waals surface area contributed by atoms with Crippen molar-refractivity contribution < 1.29 is 42.7 Å². The Balaban J connectivity index is 4.61. The maximum Gasteiger partial charge on any atom is 0.489 e. The van der Waals surface area contributed by atoms with Gasteiger partial charge >= 0.3 is 44.0 Å². The zero-order valence-electron chi connectivity index (χ0n) is 32.4. The fraction of sp³-hybridized carbons (Fsp3) is 1.00. The van der Waals surface area contributed by atoms with Gasteiger partial charge in [-0.15, -0.1) is 0 Å². The first-order chi connectivity index (χ1) is 20.3. The molecule has 1 fully saturated rings. The lowest BCUT2D eigenvalue weighted by atomic mass is 10.5. The lowest BCUT2D eigenvalue weighted by Crippen LogP contribution is -2.76. The molecule has 0 unspecified atom stereocenters. The summed E-state index contributed by atoms with van der Waals surface area (Å²) in [5.74, 6) is 0. The molecule has 0 radical (unpaired) electrons. The summed E-state index contributed by atoms with van der Waals surface area (Å²) >= 11 is 0.